The number of imidazole rings is 1. The number of aliphatic hydroxyl groups is 1. The number of nitrogens with zero attached hydrogens (tertiary/aromatic N) is 5. The normalized spacial score (nSPS) is 12.0. The molecule has 0 bridgehead atoms. The summed E-state index contributed by atoms with van der Waals surface area (Å²) in [4.78, 5) is 12.8. The number of aromatic nitrogens is 4. The summed E-state index contributed by atoms with van der Waals surface area (Å²) in [6.45, 7) is 1.82. The monoisotopic (exact) mass is 352 g/mol. The highest BCUT2D eigenvalue weighted by molar-refractivity contribution is 7.99. The van der Waals surface area contributed by atoms with Gasteiger partial charge < -0.3 is 15.4 Å². The first kappa shape index (κ1) is 16.8. The molecule has 0 amide bonds. The van der Waals surface area contributed by atoms with Gasteiger partial charge in [0.1, 0.15) is 23.2 Å². The highest BCUT2D eigenvalue weighted by atomic mass is 32.2. The number of rotatable bonds is 4. The molecule has 2 aromatic heterocycles. The van der Waals surface area contributed by atoms with Crippen molar-refractivity contribution in [2.24, 2.45) is 7.05 Å². The van der Waals surface area contributed by atoms with Crippen LogP contribution in [0.1, 0.15) is 11.5 Å². The largest absolute Gasteiger partial charge is 0.510 e. The summed E-state index contributed by atoms with van der Waals surface area (Å²) >= 11 is 1.21. The first-order chi connectivity index (χ1) is 12.0. The van der Waals surface area contributed by atoms with Crippen LogP contribution in [0.3, 0.4) is 0 Å². The fourth-order valence-electron chi connectivity index (χ4n) is 2.45. The first-order valence-electron chi connectivity index (χ1n) is 7.47. The highest BCUT2D eigenvalue weighted by Crippen LogP contribution is 2.25. The fourth-order valence-corrected chi connectivity index (χ4v) is 3.24. The second kappa shape index (κ2) is 6.83. The van der Waals surface area contributed by atoms with Crippen molar-refractivity contribution in [3.05, 3.63) is 47.6 Å². The molecule has 25 heavy (non-hydrogen) atoms. The number of para-hydroxylation sites is 2. The van der Waals surface area contributed by atoms with E-state index in [0.717, 1.165) is 16.7 Å². The smallest absolute Gasteiger partial charge is 0.190 e. The molecule has 0 aliphatic heterocycles. The quantitative estimate of drug-likeness (QED) is 0.321. The van der Waals surface area contributed by atoms with E-state index in [4.69, 9.17) is 5.73 Å². The number of aliphatic hydroxyl groups excluding tert-OH is 1. The molecule has 0 saturated heterocycles. The van der Waals surface area contributed by atoms with Gasteiger partial charge in [-0.15, -0.1) is 0 Å². The predicted octanol–water partition coefficient (Wildman–Crippen LogP) is 2.84. The van der Waals surface area contributed by atoms with Crippen LogP contribution in [0.15, 0.2) is 41.2 Å². The minimum atomic E-state index is -0.0745. The van der Waals surface area contributed by atoms with Crippen molar-refractivity contribution < 1.29 is 5.11 Å². The van der Waals surface area contributed by atoms with Crippen molar-refractivity contribution in [1.82, 2.24) is 19.5 Å². The van der Waals surface area contributed by atoms with Crippen molar-refractivity contribution in [3.63, 3.8) is 0 Å². The lowest BCUT2D eigenvalue weighted by molar-refractivity contribution is 0.420. The van der Waals surface area contributed by atoms with Gasteiger partial charge in [-0.3, -0.25) is 0 Å². The minimum absolute atomic E-state index is 0.0745. The molecule has 0 aliphatic rings. The number of hydrogen-bond acceptors (Lipinski definition) is 7. The number of nitriles is 1. The maximum atomic E-state index is 10.4. The summed E-state index contributed by atoms with van der Waals surface area (Å²) in [7, 11) is 1.81. The summed E-state index contributed by atoms with van der Waals surface area (Å²) in [5.74, 6) is 0.866. The van der Waals surface area contributed by atoms with Crippen molar-refractivity contribution in [1.29, 1.82) is 5.26 Å². The number of thioether (sulfide) groups is 1. The molecule has 1 aromatic carbocycles. The molecule has 3 N–H and O–H groups in total. The Hall–Kier alpha value is -3.05. The molecule has 126 valence electrons. The summed E-state index contributed by atoms with van der Waals surface area (Å²) in [5.41, 5.74) is 8.23. The predicted molar refractivity (Wildman–Crippen MR) is 97.8 cm³/mol. The van der Waals surface area contributed by atoms with E-state index in [1.165, 1.54) is 11.8 Å². The van der Waals surface area contributed by atoms with Crippen molar-refractivity contribution in [2.45, 2.75) is 12.1 Å². The van der Waals surface area contributed by atoms with Crippen LogP contribution in [0.5, 0.6) is 0 Å². The maximum absolute atomic E-state index is 10.4. The van der Waals surface area contributed by atoms with Gasteiger partial charge in [-0.25, -0.2) is 15.0 Å². The van der Waals surface area contributed by atoms with Gasteiger partial charge in [-0.05, 0) is 19.1 Å². The fraction of sp³-hybridized carbons (Fsp3) is 0.176. The molecule has 0 spiro atoms. The lowest BCUT2D eigenvalue weighted by atomic mass is 10.2. The zero-order valence-electron chi connectivity index (χ0n) is 13.8. The Morgan fingerprint density at radius 1 is 1.32 bits per heavy atom. The van der Waals surface area contributed by atoms with Gasteiger partial charge in [0.25, 0.3) is 0 Å². The number of benzene rings is 1. The van der Waals surface area contributed by atoms with E-state index in [1.54, 1.807) is 10.6 Å². The van der Waals surface area contributed by atoms with Gasteiger partial charge in [0.05, 0.1) is 16.8 Å². The number of anilines is 1. The molecular weight excluding hydrogens is 336 g/mol. The van der Waals surface area contributed by atoms with E-state index >= 15 is 0 Å². The van der Waals surface area contributed by atoms with Gasteiger partial charge >= 0.3 is 0 Å². The summed E-state index contributed by atoms with van der Waals surface area (Å²) in [5, 5.41) is 20.4. The third kappa shape index (κ3) is 3.41. The van der Waals surface area contributed by atoms with E-state index in [2.05, 4.69) is 15.0 Å². The third-order valence-electron chi connectivity index (χ3n) is 3.60. The van der Waals surface area contributed by atoms with E-state index in [1.807, 2.05) is 44.3 Å². The summed E-state index contributed by atoms with van der Waals surface area (Å²) in [6.07, 6.45) is 0. The molecular formula is C17H16N6OS. The number of aryl methyl sites for hydroxylation is 2. The molecule has 2 heterocycles. The minimum Gasteiger partial charge on any atom is -0.510 e. The number of nitrogen functional groups attached to an aromatic ring is 1. The van der Waals surface area contributed by atoms with Gasteiger partial charge in [-0.2, -0.15) is 5.26 Å². The maximum Gasteiger partial charge on any atom is 0.190 e. The Kier molecular flexibility index (Phi) is 4.59. The van der Waals surface area contributed by atoms with Crippen LogP contribution >= 0.6 is 11.8 Å². The van der Waals surface area contributed by atoms with Gasteiger partial charge in [0.15, 0.2) is 11.0 Å². The van der Waals surface area contributed by atoms with Crippen LogP contribution in [-0.4, -0.2) is 30.4 Å². The van der Waals surface area contributed by atoms with Gasteiger partial charge in [-0.1, -0.05) is 23.9 Å². The molecule has 8 heteroatoms. The Labute approximate surface area is 148 Å². The van der Waals surface area contributed by atoms with Crippen LogP contribution in [0.25, 0.3) is 16.6 Å². The number of nitrogens with two attached hydrogens (primary N) is 1. The van der Waals surface area contributed by atoms with E-state index < -0.39 is 0 Å². The Balaban J connectivity index is 1.92. The highest BCUT2D eigenvalue weighted by Gasteiger charge is 2.17. The second-order valence-corrected chi connectivity index (χ2v) is 6.36. The summed E-state index contributed by atoms with van der Waals surface area (Å²) < 4.78 is 1.79. The van der Waals surface area contributed by atoms with Crippen molar-refractivity contribution >= 4 is 34.2 Å². The average Bonchev–Trinajstić information content (AvgIpc) is 2.90. The standard InChI is InChI=1S/C17H16N6OS/c1-10-7-15(19)22-17(20-10)25-9-14(24)11(8-18)16-21-12-5-3-4-6-13(12)23(16)2/h3-7,24H,9H2,1-2H3,(H2,19,20,22)/b14-11+. The second-order valence-electron chi connectivity index (χ2n) is 5.42. The van der Waals surface area contributed by atoms with E-state index in [0.29, 0.717) is 16.8 Å². The molecule has 0 aliphatic carbocycles. The molecule has 0 radical (unpaired) electrons. The lowest BCUT2D eigenvalue weighted by Crippen LogP contribution is -2.02. The molecule has 0 unspecified atom stereocenters. The van der Waals surface area contributed by atoms with Crippen molar-refractivity contribution in [3.8, 4) is 6.07 Å². The Morgan fingerprint density at radius 3 is 2.76 bits per heavy atom. The van der Waals surface area contributed by atoms with E-state index in [9.17, 15) is 10.4 Å². The molecule has 3 rings (SSSR count). The summed E-state index contributed by atoms with van der Waals surface area (Å²) in [6, 6.07) is 11.3. The lowest BCUT2D eigenvalue weighted by Gasteiger charge is -2.05. The molecule has 7 nitrogen and oxygen atoms in total. The zero-order chi connectivity index (χ0) is 18.0. The zero-order valence-corrected chi connectivity index (χ0v) is 14.6. The number of hydrogen-bond donors (Lipinski definition) is 2. The average molecular weight is 352 g/mol. The van der Waals surface area contributed by atoms with Crippen molar-refractivity contribution in [2.75, 3.05) is 11.5 Å². The van der Waals surface area contributed by atoms with Crippen LogP contribution in [0.4, 0.5) is 5.82 Å². The number of allylic oxidation sites excluding steroid dienone is 1. The first-order valence-corrected chi connectivity index (χ1v) is 8.46. The van der Waals surface area contributed by atoms with E-state index in [-0.39, 0.29) is 17.1 Å². The molecule has 0 atom stereocenters. The Bertz CT molecular complexity index is 997. The molecule has 0 fully saturated rings. The third-order valence-corrected chi connectivity index (χ3v) is 4.46. The van der Waals surface area contributed by atoms with Gasteiger partial charge in [0.2, 0.25) is 0 Å². The van der Waals surface area contributed by atoms with Crippen LogP contribution in [-0.2, 0) is 7.05 Å². The van der Waals surface area contributed by atoms with Crippen LogP contribution < -0.4 is 5.73 Å². The van der Waals surface area contributed by atoms with Gasteiger partial charge in [0, 0.05) is 18.8 Å². The Morgan fingerprint density at radius 2 is 2.08 bits per heavy atom. The van der Waals surface area contributed by atoms with Crippen LogP contribution in [0, 0.1) is 18.3 Å². The number of fused-ring (bicyclic) bond motifs is 1. The molecule has 3 aromatic rings. The van der Waals surface area contributed by atoms with Crippen LogP contribution in [0.2, 0.25) is 0 Å². The molecule has 0 saturated carbocycles. The SMILES string of the molecule is Cc1cc(N)nc(SC/C(O)=C(/C#N)c2nc3ccccc3n2C)n1. The topological polar surface area (TPSA) is 114 Å².